The van der Waals surface area contributed by atoms with Crippen LogP contribution in [0.4, 0.5) is 4.39 Å². The second-order valence-electron chi connectivity index (χ2n) is 4.56. The molecule has 0 aliphatic rings. The molecule has 0 saturated heterocycles. The topological polar surface area (TPSA) is 55.1 Å². The van der Waals surface area contributed by atoms with E-state index in [0.29, 0.717) is 0 Å². The van der Waals surface area contributed by atoms with E-state index < -0.39 is 6.04 Å². The normalized spacial score (nSPS) is 14.5. The number of nitrogens with two attached hydrogens (primary N) is 1. The lowest BCUT2D eigenvalue weighted by Crippen LogP contribution is -2.44. The zero-order valence-electron chi connectivity index (χ0n) is 10.4. The van der Waals surface area contributed by atoms with Crippen LogP contribution < -0.4 is 11.1 Å². The summed E-state index contributed by atoms with van der Waals surface area (Å²) in [5.41, 5.74) is 6.46. The van der Waals surface area contributed by atoms with Gasteiger partial charge in [0.2, 0.25) is 5.91 Å². The number of nitrogens with one attached hydrogen (secondary N) is 1. The maximum atomic E-state index is 13.0. The fourth-order valence-corrected chi connectivity index (χ4v) is 1.47. The second kappa shape index (κ2) is 5.77. The van der Waals surface area contributed by atoms with Crippen molar-refractivity contribution in [2.24, 2.45) is 11.7 Å². The van der Waals surface area contributed by atoms with Gasteiger partial charge in [-0.25, -0.2) is 4.39 Å². The first-order valence-electron chi connectivity index (χ1n) is 5.73. The highest BCUT2D eigenvalue weighted by molar-refractivity contribution is 5.82. The van der Waals surface area contributed by atoms with E-state index in [0.717, 1.165) is 5.56 Å². The molecule has 0 bridgehead atoms. The number of benzene rings is 1. The Balaban J connectivity index is 2.66. The third-order valence-corrected chi connectivity index (χ3v) is 2.73. The lowest BCUT2D eigenvalue weighted by molar-refractivity contribution is -0.123. The van der Waals surface area contributed by atoms with Crippen LogP contribution in [0.25, 0.3) is 0 Å². The van der Waals surface area contributed by atoms with Crippen LogP contribution in [0.2, 0.25) is 0 Å². The van der Waals surface area contributed by atoms with Crippen molar-refractivity contribution in [1.29, 1.82) is 0 Å². The third kappa shape index (κ3) is 3.82. The van der Waals surface area contributed by atoms with Crippen LogP contribution >= 0.6 is 0 Å². The maximum Gasteiger partial charge on any atom is 0.237 e. The van der Waals surface area contributed by atoms with Crippen molar-refractivity contribution in [1.82, 2.24) is 5.32 Å². The minimum absolute atomic E-state index is 0.0784. The van der Waals surface area contributed by atoms with Crippen LogP contribution in [-0.4, -0.2) is 11.9 Å². The molecule has 0 aliphatic carbocycles. The van der Waals surface area contributed by atoms with Crippen molar-refractivity contribution in [3.63, 3.8) is 0 Å². The van der Waals surface area contributed by atoms with E-state index in [1.54, 1.807) is 19.1 Å². The summed E-state index contributed by atoms with van der Waals surface area (Å²) in [5, 5.41) is 2.77. The van der Waals surface area contributed by atoms with Gasteiger partial charge >= 0.3 is 0 Å². The lowest BCUT2D eigenvalue weighted by atomic mass is 10.0. The van der Waals surface area contributed by atoms with Gasteiger partial charge in [0.05, 0.1) is 12.1 Å². The molecule has 3 N–H and O–H groups in total. The number of amides is 1. The molecular weight excluding hydrogens is 219 g/mol. The summed E-state index contributed by atoms with van der Waals surface area (Å²) in [6, 6.07) is 5.39. The van der Waals surface area contributed by atoms with Gasteiger partial charge in [0, 0.05) is 0 Å². The summed E-state index contributed by atoms with van der Waals surface area (Å²) in [6.07, 6.45) is 0. The van der Waals surface area contributed by atoms with Crippen LogP contribution in [0.15, 0.2) is 24.3 Å². The van der Waals surface area contributed by atoms with E-state index in [-0.39, 0.29) is 23.7 Å². The van der Waals surface area contributed by atoms with Crippen molar-refractivity contribution in [2.75, 3.05) is 0 Å². The first kappa shape index (κ1) is 13.6. The SMILES string of the molecule is CC(NC(=O)C(N)C(C)C)c1cccc(F)c1. The van der Waals surface area contributed by atoms with Gasteiger partial charge in [-0.1, -0.05) is 26.0 Å². The number of hydrogen-bond donors (Lipinski definition) is 2. The minimum atomic E-state index is -0.536. The number of carbonyl (C=O) groups is 1. The lowest BCUT2D eigenvalue weighted by Gasteiger charge is -2.20. The van der Waals surface area contributed by atoms with Gasteiger partial charge in [-0.15, -0.1) is 0 Å². The van der Waals surface area contributed by atoms with Gasteiger partial charge < -0.3 is 11.1 Å². The smallest absolute Gasteiger partial charge is 0.237 e. The van der Waals surface area contributed by atoms with Gasteiger partial charge in [0.25, 0.3) is 0 Å². The minimum Gasteiger partial charge on any atom is -0.348 e. The van der Waals surface area contributed by atoms with Crippen molar-refractivity contribution >= 4 is 5.91 Å². The molecule has 1 aromatic rings. The molecule has 0 radical (unpaired) electrons. The maximum absolute atomic E-state index is 13.0. The third-order valence-electron chi connectivity index (χ3n) is 2.73. The Labute approximate surface area is 101 Å². The van der Waals surface area contributed by atoms with E-state index in [9.17, 15) is 9.18 Å². The highest BCUT2D eigenvalue weighted by Gasteiger charge is 2.19. The Bertz CT molecular complexity index is 393. The number of halogens is 1. The Morgan fingerprint density at radius 1 is 1.35 bits per heavy atom. The molecule has 3 nitrogen and oxygen atoms in total. The predicted molar refractivity (Wildman–Crippen MR) is 65.8 cm³/mol. The van der Waals surface area contributed by atoms with Crippen LogP contribution in [-0.2, 0) is 4.79 Å². The highest BCUT2D eigenvalue weighted by Crippen LogP contribution is 2.13. The molecule has 0 aliphatic heterocycles. The van der Waals surface area contributed by atoms with E-state index in [1.165, 1.54) is 12.1 Å². The highest BCUT2D eigenvalue weighted by atomic mass is 19.1. The Morgan fingerprint density at radius 3 is 2.53 bits per heavy atom. The van der Waals surface area contributed by atoms with E-state index >= 15 is 0 Å². The zero-order chi connectivity index (χ0) is 13.0. The summed E-state index contributed by atoms with van der Waals surface area (Å²) in [4.78, 5) is 11.7. The van der Waals surface area contributed by atoms with Crippen LogP contribution in [0.1, 0.15) is 32.4 Å². The van der Waals surface area contributed by atoms with Gasteiger partial charge in [0.1, 0.15) is 5.82 Å². The summed E-state index contributed by atoms with van der Waals surface area (Å²) in [7, 11) is 0. The standard InChI is InChI=1S/C13H19FN2O/c1-8(2)12(15)13(17)16-9(3)10-5-4-6-11(14)7-10/h4-9,12H,15H2,1-3H3,(H,16,17). The molecule has 17 heavy (non-hydrogen) atoms. The average molecular weight is 238 g/mol. The van der Waals surface area contributed by atoms with Gasteiger partial charge in [-0.05, 0) is 30.5 Å². The Morgan fingerprint density at radius 2 is 2.00 bits per heavy atom. The van der Waals surface area contributed by atoms with E-state index in [4.69, 9.17) is 5.73 Å². The second-order valence-corrected chi connectivity index (χ2v) is 4.56. The van der Waals surface area contributed by atoms with Crippen molar-refractivity contribution in [3.8, 4) is 0 Å². The summed E-state index contributed by atoms with van der Waals surface area (Å²) < 4.78 is 13.0. The number of hydrogen-bond acceptors (Lipinski definition) is 2. The molecule has 0 aromatic heterocycles. The zero-order valence-corrected chi connectivity index (χ0v) is 10.4. The molecule has 1 amide bonds. The van der Waals surface area contributed by atoms with Crippen LogP contribution in [0.3, 0.4) is 0 Å². The summed E-state index contributed by atoms with van der Waals surface area (Å²) in [6.45, 7) is 5.58. The van der Waals surface area contributed by atoms with E-state index in [1.807, 2.05) is 13.8 Å². The molecule has 2 atom stereocenters. The molecule has 2 unspecified atom stereocenters. The Hall–Kier alpha value is -1.42. The molecule has 0 fully saturated rings. The summed E-state index contributed by atoms with van der Waals surface area (Å²) >= 11 is 0. The van der Waals surface area contributed by atoms with E-state index in [2.05, 4.69) is 5.32 Å². The Kier molecular flexibility index (Phi) is 4.63. The predicted octanol–water partition coefficient (Wildman–Crippen LogP) is 1.99. The molecule has 0 saturated carbocycles. The average Bonchev–Trinajstić information content (AvgIpc) is 2.27. The van der Waals surface area contributed by atoms with Crippen molar-refractivity contribution < 1.29 is 9.18 Å². The fourth-order valence-electron chi connectivity index (χ4n) is 1.47. The molecule has 0 heterocycles. The molecule has 4 heteroatoms. The monoisotopic (exact) mass is 238 g/mol. The van der Waals surface area contributed by atoms with Gasteiger partial charge in [-0.2, -0.15) is 0 Å². The first-order valence-corrected chi connectivity index (χ1v) is 5.73. The van der Waals surface area contributed by atoms with Crippen molar-refractivity contribution in [2.45, 2.75) is 32.9 Å². The number of rotatable bonds is 4. The number of carbonyl (C=O) groups excluding carboxylic acids is 1. The quantitative estimate of drug-likeness (QED) is 0.842. The molecule has 1 rings (SSSR count). The largest absolute Gasteiger partial charge is 0.348 e. The molecule has 0 spiro atoms. The first-order chi connectivity index (χ1) is 7.91. The van der Waals surface area contributed by atoms with Crippen LogP contribution in [0.5, 0.6) is 0 Å². The van der Waals surface area contributed by atoms with Crippen LogP contribution in [0, 0.1) is 11.7 Å². The van der Waals surface area contributed by atoms with Gasteiger partial charge in [-0.3, -0.25) is 4.79 Å². The summed E-state index contributed by atoms with van der Waals surface area (Å²) in [5.74, 6) is -0.441. The van der Waals surface area contributed by atoms with Crippen molar-refractivity contribution in [3.05, 3.63) is 35.6 Å². The fraction of sp³-hybridized carbons (Fsp3) is 0.462. The molecule has 1 aromatic carbocycles. The molecule has 94 valence electrons. The molecular formula is C13H19FN2O. The van der Waals surface area contributed by atoms with Gasteiger partial charge in [0.15, 0.2) is 0 Å².